The van der Waals surface area contributed by atoms with Crippen molar-refractivity contribution in [3.63, 3.8) is 0 Å². The molecule has 0 saturated heterocycles. The van der Waals surface area contributed by atoms with Crippen molar-refractivity contribution in [2.45, 2.75) is 38.3 Å². The Bertz CT molecular complexity index is 938. The van der Waals surface area contributed by atoms with Gasteiger partial charge in [-0.1, -0.05) is 29.8 Å². The fourth-order valence-electron chi connectivity index (χ4n) is 2.66. The predicted molar refractivity (Wildman–Crippen MR) is 97.4 cm³/mol. The average molecular weight is 324 g/mol. The molecule has 0 aliphatic carbocycles. The van der Waals surface area contributed by atoms with Gasteiger partial charge in [0.2, 0.25) is 0 Å². The van der Waals surface area contributed by atoms with Crippen molar-refractivity contribution in [1.82, 2.24) is 0 Å². The second-order valence-corrected chi connectivity index (χ2v) is 7.05. The van der Waals surface area contributed by atoms with E-state index in [-0.39, 0.29) is 5.63 Å². The third kappa shape index (κ3) is 3.20. The first-order valence-electron chi connectivity index (χ1n) is 7.68. The van der Waals surface area contributed by atoms with Crippen molar-refractivity contribution < 1.29 is 4.42 Å². The molecule has 0 aliphatic rings. The molecule has 118 valence electrons. The van der Waals surface area contributed by atoms with Crippen molar-refractivity contribution >= 4 is 22.7 Å². The van der Waals surface area contributed by atoms with E-state index in [1.54, 1.807) is 17.8 Å². The minimum atomic E-state index is -0.275. The van der Waals surface area contributed by atoms with E-state index in [1.807, 2.05) is 13.8 Å². The van der Waals surface area contributed by atoms with E-state index < -0.39 is 0 Å². The highest BCUT2D eigenvalue weighted by Crippen LogP contribution is 2.30. The molecular formula is C20H20O2S. The van der Waals surface area contributed by atoms with Gasteiger partial charge in [0.15, 0.2) is 0 Å². The highest BCUT2D eigenvalue weighted by atomic mass is 32.2. The summed E-state index contributed by atoms with van der Waals surface area (Å²) in [4.78, 5) is 13.2. The summed E-state index contributed by atoms with van der Waals surface area (Å²) in [6.45, 7) is 8.25. The van der Waals surface area contributed by atoms with Crippen LogP contribution >= 0.6 is 11.8 Å². The SMILES string of the molecule is Cc1ccc(C)c(SCc2cc(=O)oc3c(C)c(C)ccc23)c1. The molecule has 0 aliphatic heterocycles. The number of hydrogen-bond acceptors (Lipinski definition) is 3. The quantitative estimate of drug-likeness (QED) is 0.482. The molecule has 2 aromatic carbocycles. The van der Waals surface area contributed by atoms with Crippen LogP contribution in [0.3, 0.4) is 0 Å². The second kappa shape index (κ2) is 6.25. The molecular weight excluding hydrogens is 304 g/mol. The molecule has 3 aromatic rings. The van der Waals surface area contributed by atoms with Gasteiger partial charge in [0, 0.05) is 22.1 Å². The largest absolute Gasteiger partial charge is 0.422 e. The van der Waals surface area contributed by atoms with Gasteiger partial charge >= 0.3 is 5.63 Å². The Balaban J connectivity index is 2.02. The van der Waals surface area contributed by atoms with E-state index in [1.165, 1.54) is 16.0 Å². The topological polar surface area (TPSA) is 30.2 Å². The standard InChI is InChI=1S/C20H20O2S/c1-12-5-6-14(3)18(9-12)23-11-16-10-19(21)22-20-15(4)13(2)7-8-17(16)20/h5-10H,11H2,1-4H3. The van der Waals surface area contributed by atoms with Crippen molar-refractivity contribution in [2.75, 3.05) is 0 Å². The van der Waals surface area contributed by atoms with Crippen LogP contribution < -0.4 is 5.63 Å². The minimum Gasteiger partial charge on any atom is -0.422 e. The zero-order chi connectivity index (χ0) is 16.6. The van der Waals surface area contributed by atoms with Crippen LogP contribution in [-0.4, -0.2) is 0 Å². The van der Waals surface area contributed by atoms with Gasteiger partial charge in [-0.3, -0.25) is 0 Å². The molecule has 3 rings (SSSR count). The fourth-order valence-corrected chi connectivity index (χ4v) is 3.78. The third-order valence-corrected chi connectivity index (χ3v) is 5.45. The maximum absolute atomic E-state index is 11.9. The highest BCUT2D eigenvalue weighted by molar-refractivity contribution is 7.98. The Morgan fingerprint density at radius 3 is 2.48 bits per heavy atom. The molecule has 23 heavy (non-hydrogen) atoms. The Morgan fingerprint density at radius 1 is 0.957 bits per heavy atom. The Kier molecular flexibility index (Phi) is 4.31. The highest BCUT2D eigenvalue weighted by Gasteiger charge is 2.10. The molecule has 0 amide bonds. The van der Waals surface area contributed by atoms with E-state index in [0.29, 0.717) is 5.58 Å². The Hall–Kier alpha value is -2.00. The lowest BCUT2D eigenvalue weighted by molar-refractivity contribution is 0.557. The predicted octanol–water partition coefficient (Wildman–Crippen LogP) is 5.32. The van der Waals surface area contributed by atoms with Gasteiger partial charge in [-0.15, -0.1) is 11.8 Å². The zero-order valence-electron chi connectivity index (χ0n) is 13.9. The molecule has 1 aromatic heterocycles. The van der Waals surface area contributed by atoms with Gasteiger partial charge in [-0.05, 0) is 56.0 Å². The first-order valence-corrected chi connectivity index (χ1v) is 8.67. The van der Waals surface area contributed by atoms with Gasteiger partial charge in [0.05, 0.1) is 0 Å². The molecule has 0 fully saturated rings. The monoisotopic (exact) mass is 324 g/mol. The lowest BCUT2D eigenvalue weighted by Gasteiger charge is -2.10. The van der Waals surface area contributed by atoms with E-state index in [9.17, 15) is 4.79 Å². The van der Waals surface area contributed by atoms with Gasteiger partial charge in [-0.25, -0.2) is 4.79 Å². The minimum absolute atomic E-state index is 0.275. The molecule has 0 spiro atoms. The lowest BCUT2D eigenvalue weighted by Crippen LogP contribution is -2.01. The van der Waals surface area contributed by atoms with Crippen LogP contribution in [0.15, 0.2) is 50.5 Å². The molecule has 2 nitrogen and oxygen atoms in total. The van der Waals surface area contributed by atoms with Crippen molar-refractivity contribution in [3.05, 3.63) is 74.6 Å². The first-order chi connectivity index (χ1) is 11.0. The Morgan fingerprint density at radius 2 is 1.70 bits per heavy atom. The van der Waals surface area contributed by atoms with E-state index in [0.717, 1.165) is 27.8 Å². The third-order valence-electron chi connectivity index (χ3n) is 4.24. The number of thioether (sulfide) groups is 1. The summed E-state index contributed by atoms with van der Waals surface area (Å²) in [6, 6.07) is 12.2. The van der Waals surface area contributed by atoms with E-state index in [2.05, 4.69) is 44.2 Å². The molecule has 0 N–H and O–H groups in total. The average Bonchev–Trinajstić information content (AvgIpc) is 2.52. The van der Waals surface area contributed by atoms with Crippen LogP contribution in [0.25, 0.3) is 11.0 Å². The molecule has 1 heterocycles. The van der Waals surface area contributed by atoms with Crippen LogP contribution in [0.1, 0.15) is 27.8 Å². The van der Waals surface area contributed by atoms with Gasteiger partial charge in [-0.2, -0.15) is 0 Å². The summed E-state index contributed by atoms with van der Waals surface area (Å²) in [7, 11) is 0. The van der Waals surface area contributed by atoms with Gasteiger partial charge < -0.3 is 4.42 Å². The number of benzene rings is 2. The van der Waals surface area contributed by atoms with E-state index >= 15 is 0 Å². The molecule has 0 saturated carbocycles. The smallest absolute Gasteiger partial charge is 0.336 e. The van der Waals surface area contributed by atoms with Crippen LogP contribution in [0.5, 0.6) is 0 Å². The summed E-state index contributed by atoms with van der Waals surface area (Å²) in [5.74, 6) is 0.759. The fraction of sp³-hybridized carbons (Fsp3) is 0.250. The molecule has 0 bridgehead atoms. The lowest BCUT2D eigenvalue weighted by atomic mass is 10.0. The molecule has 3 heteroatoms. The summed E-state index contributed by atoms with van der Waals surface area (Å²) < 4.78 is 5.44. The van der Waals surface area contributed by atoms with Crippen LogP contribution in [0.4, 0.5) is 0 Å². The summed E-state index contributed by atoms with van der Waals surface area (Å²) in [6.07, 6.45) is 0. The number of fused-ring (bicyclic) bond motifs is 1. The second-order valence-electron chi connectivity index (χ2n) is 6.03. The van der Waals surface area contributed by atoms with Gasteiger partial charge in [0.1, 0.15) is 5.58 Å². The maximum Gasteiger partial charge on any atom is 0.336 e. The Labute approximate surface area is 140 Å². The van der Waals surface area contributed by atoms with Crippen molar-refractivity contribution in [2.24, 2.45) is 0 Å². The zero-order valence-corrected chi connectivity index (χ0v) is 14.7. The summed E-state index contributed by atoms with van der Waals surface area (Å²) >= 11 is 1.77. The molecule has 0 unspecified atom stereocenters. The maximum atomic E-state index is 11.9. The van der Waals surface area contributed by atoms with Gasteiger partial charge in [0.25, 0.3) is 0 Å². The number of rotatable bonds is 3. The van der Waals surface area contributed by atoms with Crippen molar-refractivity contribution in [1.29, 1.82) is 0 Å². The number of hydrogen-bond donors (Lipinski definition) is 0. The molecule has 0 atom stereocenters. The number of aryl methyl sites for hydroxylation is 4. The summed E-state index contributed by atoms with van der Waals surface area (Å²) in [5.41, 5.74) is 6.17. The first kappa shape index (κ1) is 15.9. The van der Waals surface area contributed by atoms with Crippen LogP contribution in [0.2, 0.25) is 0 Å². The summed E-state index contributed by atoms with van der Waals surface area (Å²) in [5, 5.41) is 1.03. The van der Waals surface area contributed by atoms with Crippen molar-refractivity contribution in [3.8, 4) is 0 Å². The normalized spacial score (nSPS) is 11.1. The molecule has 0 radical (unpaired) electrons. The van der Waals surface area contributed by atoms with Crippen LogP contribution in [-0.2, 0) is 5.75 Å². The van der Waals surface area contributed by atoms with E-state index in [4.69, 9.17) is 4.42 Å². The van der Waals surface area contributed by atoms with Crippen LogP contribution in [0, 0.1) is 27.7 Å².